The number of sulfonamides is 1. The van der Waals surface area contributed by atoms with E-state index in [-0.39, 0.29) is 25.3 Å². The Bertz CT molecular complexity index is 1330. The molecule has 0 aromatic heterocycles. The first-order valence-corrected chi connectivity index (χ1v) is 14.0. The number of oxime groups is 1. The van der Waals surface area contributed by atoms with Gasteiger partial charge >= 0.3 is 0 Å². The van der Waals surface area contributed by atoms with Crippen LogP contribution in [0.5, 0.6) is 5.75 Å². The number of carbonyl (C=O) groups excluding carboxylic acids is 3. The molecule has 13 heteroatoms. The second-order valence-corrected chi connectivity index (χ2v) is 12.1. The number of nitrogens with one attached hydrogen (secondary N) is 2. The molecule has 2 aliphatic carbocycles. The van der Waals surface area contributed by atoms with Crippen molar-refractivity contribution in [2.24, 2.45) is 11.1 Å². The molecule has 11 nitrogen and oxygen atoms in total. The summed E-state index contributed by atoms with van der Waals surface area (Å²) in [6.07, 6.45) is 2.55. The lowest BCUT2D eigenvalue weighted by molar-refractivity contribution is -0.138. The Hall–Kier alpha value is -3.48. The number of ether oxygens (including phenoxy) is 1. The van der Waals surface area contributed by atoms with Gasteiger partial charge in [-0.3, -0.25) is 19.1 Å². The van der Waals surface area contributed by atoms with Crippen molar-refractivity contribution < 1.29 is 36.8 Å². The van der Waals surface area contributed by atoms with E-state index in [0.717, 1.165) is 0 Å². The van der Waals surface area contributed by atoms with Crippen molar-refractivity contribution in [1.82, 2.24) is 14.9 Å². The Morgan fingerprint density at radius 1 is 1.32 bits per heavy atom. The fraction of sp³-hybridized carbons (Fsp3) is 0.520. The number of hydrogen-bond donors (Lipinski definition) is 2. The smallest absolute Gasteiger partial charge is 0.259 e. The van der Waals surface area contributed by atoms with Crippen molar-refractivity contribution in [3.8, 4) is 5.75 Å². The summed E-state index contributed by atoms with van der Waals surface area (Å²) < 4.78 is 46.0. The summed E-state index contributed by atoms with van der Waals surface area (Å²) in [7, 11) is -3.81. The molecular weight excluding hydrogens is 519 g/mol. The van der Waals surface area contributed by atoms with E-state index in [1.54, 1.807) is 0 Å². The molecule has 0 spiro atoms. The molecule has 38 heavy (non-hydrogen) atoms. The molecule has 1 aromatic carbocycles. The number of hydrogen-bond acceptors (Lipinski definition) is 8. The van der Waals surface area contributed by atoms with Crippen molar-refractivity contribution in [3.05, 3.63) is 42.2 Å². The molecule has 0 radical (unpaired) electrons. The summed E-state index contributed by atoms with van der Waals surface area (Å²) in [4.78, 5) is 45.7. The van der Waals surface area contributed by atoms with Crippen LogP contribution in [-0.4, -0.2) is 72.8 Å². The van der Waals surface area contributed by atoms with Crippen molar-refractivity contribution in [3.63, 3.8) is 0 Å². The number of halogens is 1. The lowest BCUT2D eigenvalue weighted by Crippen LogP contribution is -2.56. The van der Waals surface area contributed by atoms with E-state index >= 15 is 0 Å². The van der Waals surface area contributed by atoms with Crippen LogP contribution in [0.3, 0.4) is 0 Å². The van der Waals surface area contributed by atoms with Gasteiger partial charge in [-0.2, -0.15) is 0 Å². The molecule has 2 saturated carbocycles. The molecule has 3 fully saturated rings. The SMILES string of the molecule is C=C[C@@H]1C[C@@]1(NC(=O)C1CC(O/N=C2\CCOc3ccc(F)cc32)CN1C(C)=O)C(=O)NS(=O)(=O)C1CC1. The van der Waals surface area contributed by atoms with Crippen LogP contribution in [0.4, 0.5) is 4.39 Å². The van der Waals surface area contributed by atoms with E-state index < -0.39 is 56.5 Å². The maximum absolute atomic E-state index is 13.8. The first kappa shape index (κ1) is 26.1. The molecule has 4 aliphatic rings. The number of likely N-dealkylation sites (tertiary alicyclic amines) is 1. The van der Waals surface area contributed by atoms with Gasteiger partial charge in [-0.25, -0.2) is 12.8 Å². The second-order valence-electron chi connectivity index (χ2n) is 10.1. The largest absolute Gasteiger partial charge is 0.492 e. The highest BCUT2D eigenvalue weighted by molar-refractivity contribution is 7.91. The van der Waals surface area contributed by atoms with Crippen LogP contribution in [0.1, 0.15) is 44.6 Å². The van der Waals surface area contributed by atoms with E-state index in [0.29, 0.717) is 42.9 Å². The minimum absolute atomic E-state index is 0.0802. The van der Waals surface area contributed by atoms with Crippen LogP contribution in [0.25, 0.3) is 0 Å². The topological polar surface area (TPSA) is 143 Å². The summed E-state index contributed by atoms with van der Waals surface area (Å²) >= 11 is 0. The Balaban J connectivity index is 1.28. The third-order valence-electron chi connectivity index (χ3n) is 7.38. The van der Waals surface area contributed by atoms with Crippen LogP contribution in [0, 0.1) is 11.7 Å². The van der Waals surface area contributed by atoms with Crippen molar-refractivity contribution in [1.29, 1.82) is 0 Å². The lowest BCUT2D eigenvalue weighted by atomic mass is 10.0. The Morgan fingerprint density at radius 3 is 2.74 bits per heavy atom. The molecule has 2 heterocycles. The average molecular weight is 549 g/mol. The zero-order valence-corrected chi connectivity index (χ0v) is 21.6. The summed E-state index contributed by atoms with van der Waals surface area (Å²) in [5.41, 5.74) is -0.476. The molecule has 1 saturated heterocycles. The number of carbonyl (C=O) groups is 3. The average Bonchev–Trinajstić information content (AvgIpc) is 3.79. The van der Waals surface area contributed by atoms with Gasteiger partial charge in [0.25, 0.3) is 5.91 Å². The highest BCUT2D eigenvalue weighted by Gasteiger charge is 2.61. The van der Waals surface area contributed by atoms with Crippen molar-refractivity contribution in [2.45, 2.75) is 62.0 Å². The first-order valence-electron chi connectivity index (χ1n) is 12.5. The molecular formula is C25H29FN4O7S. The van der Waals surface area contributed by atoms with Crippen LogP contribution in [0.15, 0.2) is 36.0 Å². The van der Waals surface area contributed by atoms with Crippen LogP contribution in [-0.2, 0) is 29.2 Å². The standard InChI is InChI=1S/C25H29FN4O7S/c1-3-15-12-25(15,24(33)29-38(34,35)18-5-6-18)27-23(32)21-11-17(13-30(21)14(2)31)37-28-20-8-9-36-22-7-4-16(26)10-19(20)22/h3-4,7,10,15,17-18,21H,1,5-6,8-9,11-13H2,2H3,(H,27,32)(H,29,33)/b28-20+/t15-,17?,21?,25+/m1/s1. The Labute approximate surface area is 219 Å². The van der Waals surface area contributed by atoms with E-state index in [4.69, 9.17) is 9.57 Å². The van der Waals surface area contributed by atoms with Gasteiger partial charge in [0.1, 0.15) is 29.3 Å². The number of rotatable bonds is 8. The predicted molar refractivity (Wildman–Crippen MR) is 133 cm³/mol. The van der Waals surface area contributed by atoms with Crippen molar-refractivity contribution in [2.75, 3.05) is 13.2 Å². The van der Waals surface area contributed by atoms with Crippen LogP contribution >= 0.6 is 0 Å². The highest BCUT2D eigenvalue weighted by Crippen LogP contribution is 2.45. The lowest BCUT2D eigenvalue weighted by Gasteiger charge is -2.25. The summed E-state index contributed by atoms with van der Waals surface area (Å²) in [5, 5.41) is 6.29. The number of benzene rings is 1. The summed E-state index contributed by atoms with van der Waals surface area (Å²) in [6, 6.07) is 3.16. The normalized spacial score (nSPS) is 29.2. The van der Waals surface area contributed by atoms with Gasteiger partial charge in [-0.05, 0) is 37.5 Å². The zero-order valence-electron chi connectivity index (χ0n) is 20.8. The van der Waals surface area contributed by atoms with Gasteiger partial charge in [0.05, 0.1) is 24.1 Å². The summed E-state index contributed by atoms with van der Waals surface area (Å²) in [6.45, 7) is 5.43. The third kappa shape index (κ3) is 4.98. The molecule has 204 valence electrons. The number of fused-ring (bicyclic) bond motifs is 1. The van der Waals surface area contributed by atoms with Gasteiger partial charge < -0.3 is 19.8 Å². The molecule has 0 bridgehead atoms. The monoisotopic (exact) mass is 548 g/mol. The molecule has 3 amide bonds. The van der Waals surface area contributed by atoms with Gasteiger partial charge in [-0.1, -0.05) is 11.2 Å². The van der Waals surface area contributed by atoms with Gasteiger partial charge in [0.15, 0.2) is 0 Å². The van der Waals surface area contributed by atoms with Crippen LogP contribution < -0.4 is 14.8 Å². The number of amides is 3. The molecule has 2 N–H and O–H groups in total. The van der Waals surface area contributed by atoms with E-state index in [9.17, 15) is 27.2 Å². The van der Waals surface area contributed by atoms with E-state index in [2.05, 4.69) is 21.8 Å². The maximum atomic E-state index is 13.8. The Kier molecular flexibility index (Phi) is 6.66. The van der Waals surface area contributed by atoms with E-state index in [1.165, 1.54) is 36.1 Å². The third-order valence-corrected chi connectivity index (χ3v) is 9.20. The van der Waals surface area contributed by atoms with Crippen molar-refractivity contribution >= 4 is 33.5 Å². The van der Waals surface area contributed by atoms with Gasteiger partial charge in [0.2, 0.25) is 21.8 Å². The highest BCUT2D eigenvalue weighted by atomic mass is 32.2. The van der Waals surface area contributed by atoms with E-state index in [1.807, 2.05) is 0 Å². The quantitative estimate of drug-likeness (QED) is 0.364. The molecule has 5 rings (SSSR count). The molecule has 2 unspecified atom stereocenters. The summed E-state index contributed by atoms with van der Waals surface area (Å²) in [5.74, 6) is -2.17. The number of nitrogens with zero attached hydrogens (tertiary/aromatic N) is 2. The minimum atomic E-state index is -3.81. The van der Waals surface area contributed by atoms with Gasteiger partial charge in [0, 0.05) is 31.2 Å². The van der Waals surface area contributed by atoms with Crippen LogP contribution in [0.2, 0.25) is 0 Å². The second kappa shape index (κ2) is 9.68. The zero-order chi connectivity index (χ0) is 27.2. The minimum Gasteiger partial charge on any atom is -0.492 e. The Morgan fingerprint density at radius 2 is 2.08 bits per heavy atom. The first-order chi connectivity index (χ1) is 18.0. The molecule has 1 aromatic rings. The molecule has 2 aliphatic heterocycles. The molecule has 4 atom stereocenters. The predicted octanol–water partition coefficient (Wildman–Crippen LogP) is 0.988. The maximum Gasteiger partial charge on any atom is 0.259 e. The fourth-order valence-electron chi connectivity index (χ4n) is 4.97. The fourth-order valence-corrected chi connectivity index (χ4v) is 6.33. The van der Waals surface area contributed by atoms with Gasteiger partial charge in [-0.15, -0.1) is 6.58 Å².